The van der Waals surface area contributed by atoms with E-state index in [1.54, 1.807) is 0 Å². The molecule has 3 N–H and O–H groups in total. The van der Waals surface area contributed by atoms with Gasteiger partial charge in [-0.3, -0.25) is 0 Å². The number of hydrogen-bond acceptors (Lipinski definition) is 2. The van der Waals surface area contributed by atoms with E-state index in [-0.39, 0.29) is 6.04 Å². The summed E-state index contributed by atoms with van der Waals surface area (Å²) >= 11 is 0. The first-order valence-corrected chi connectivity index (χ1v) is 3.91. The van der Waals surface area contributed by atoms with Crippen molar-refractivity contribution >= 4 is 6.09 Å². The van der Waals surface area contributed by atoms with Crippen molar-refractivity contribution in [3.8, 4) is 0 Å². The van der Waals surface area contributed by atoms with Crippen LogP contribution in [0.2, 0.25) is 0 Å². The van der Waals surface area contributed by atoms with E-state index in [0.717, 1.165) is 19.4 Å². The summed E-state index contributed by atoms with van der Waals surface area (Å²) < 4.78 is 0. The van der Waals surface area contributed by atoms with Crippen LogP contribution in [0.4, 0.5) is 4.79 Å². The SMILES string of the molecule is C[C@@H]1C[C@H](NC(=O)O)CCN1. The van der Waals surface area contributed by atoms with Gasteiger partial charge in [-0.05, 0) is 26.3 Å². The first kappa shape index (κ1) is 8.33. The molecule has 0 bridgehead atoms. The van der Waals surface area contributed by atoms with E-state index in [2.05, 4.69) is 17.6 Å². The lowest BCUT2D eigenvalue weighted by molar-refractivity contribution is 0.184. The van der Waals surface area contributed by atoms with Crippen molar-refractivity contribution in [3.63, 3.8) is 0 Å². The quantitative estimate of drug-likeness (QED) is 0.517. The number of carboxylic acid groups (broad SMARTS) is 1. The largest absolute Gasteiger partial charge is 0.465 e. The molecule has 1 heterocycles. The predicted octanol–water partition coefficient (Wildman–Crippen LogP) is 0.394. The van der Waals surface area contributed by atoms with Crippen LogP contribution in [0.25, 0.3) is 0 Å². The molecule has 0 saturated carbocycles. The highest BCUT2D eigenvalue weighted by molar-refractivity contribution is 5.64. The Bertz CT molecular complexity index is 149. The number of piperidine rings is 1. The molecule has 1 aliphatic heterocycles. The predicted molar refractivity (Wildman–Crippen MR) is 41.6 cm³/mol. The van der Waals surface area contributed by atoms with Crippen molar-refractivity contribution in [1.82, 2.24) is 10.6 Å². The van der Waals surface area contributed by atoms with Crippen LogP contribution in [0.1, 0.15) is 19.8 Å². The Labute approximate surface area is 66.0 Å². The van der Waals surface area contributed by atoms with E-state index in [0.29, 0.717) is 6.04 Å². The van der Waals surface area contributed by atoms with Crippen LogP contribution < -0.4 is 10.6 Å². The Morgan fingerprint density at radius 2 is 2.45 bits per heavy atom. The fourth-order valence-electron chi connectivity index (χ4n) is 1.44. The monoisotopic (exact) mass is 158 g/mol. The van der Waals surface area contributed by atoms with Gasteiger partial charge in [-0.25, -0.2) is 4.79 Å². The zero-order valence-corrected chi connectivity index (χ0v) is 6.63. The van der Waals surface area contributed by atoms with Gasteiger partial charge in [0.25, 0.3) is 0 Å². The first-order valence-electron chi connectivity index (χ1n) is 3.91. The van der Waals surface area contributed by atoms with E-state index >= 15 is 0 Å². The fraction of sp³-hybridized carbons (Fsp3) is 0.857. The van der Waals surface area contributed by atoms with Gasteiger partial charge in [0, 0.05) is 12.1 Å². The van der Waals surface area contributed by atoms with Crippen LogP contribution >= 0.6 is 0 Å². The molecule has 4 nitrogen and oxygen atoms in total. The summed E-state index contributed by atoms with van der Waals surface area (Å²) in [6.07, 6.45) is 0.882. The highest BCUT2D eigenvalue weighted by atomic mass is 16.4. The summed E-state index contributed by atoms with van der Waals surface area (Å²) in [4.78, 5) is 10.2. The topological polar surface area (TPSA) is 61.4 Å². The highest BCUT2D eigenvalue weighted by Gasteiger charge is 2.18. The molecular weight excluding hydrogens is 144 g/mol. The minimum Gasteiger partial charge on any atom is -0.465 e. The Kier molecular flexibility index (Phi) is 2.70. The molecule has 0 aromatic rings. The van der Waals surface area contributed by atoms with Gasteiger partial charge in [-0.2, -0.15) is 0 Å². The Hall–Kier alpha value is -0.770. The maximum atomic E-state index is 10.2. The molecule has 0 spiro atoms. The number of nitrogens with one attached hydrogen (secondary N) is 2. The molecule has 4 heteroatoms. The molecule has 1 saturated heterocycles. The minimum absolute atomic E-state index is 0.142. The van der Waals surface area contributed by atoms with Gasteiger partial charge in [0.1, 0.15) is 0 Å². The van der Waals surface area contributed by atoms with Gasteiger partial charge in [0.2, 0.25) is 0 Å². The van der Waals surface area contributed by atoms with Crippen LogP contribution in [0.3, 0.4) is 0 Å². The van der Waals surface area contributed by atoms with E-state index in [4.69, 9.17) is 5.11 Å². The molecule has 0 aliphatic carbocycles. The van der Waals surface area contributed by atoms with E-state index < -0.39 is 6.09 Å². The van der Waals surface area contributed by atoms with Crippen LogP contribution in [-0.4, -0.2) is 29.8 Å². The lowest BCUT2D eigenvalue weighted by atomic mass is 10.0. The molecule has 1 fully saturated rings. The molecule has 64 valence electrons. The zero-order valence-electron chi connectivity index (χ0n) is 6.63. The maximum absolute atomic E-state index is 10.2. The first-order chi connectivity index (χ1) is 5.18. The minimum atomic E-state index is -0.913. The van der Waals surface area contributed by atoms with Gasteiger partial charge in [0.05, 0.1) is 0 Å². The maximum Gasteiger partial charge on any atom is 0.404 e. The van der Waals surface area contributed by atoms with Crippen LogP contribution in [0.5, 0.6) is 0 Å². The third-order valence-electron chi connectivity index (χ3n) is 1.95. The third-order valence-corrected chi connectivity index (χ3v) is 1.95. The van der Waals surface area contributed by atoms with Gasteiger partial charge >= 0.3 is 6.09 Å². The molecule has 2 atom stereocenters. The number of amides is 1. The van der Waals surface area contributed by atoms with Crippen molar-refractivity contribution < 1.29 is 9.90 Å². The summed E-state index contributed by atoms with van der Waals surface area (Å²) in [5.74, 6) is 0. The summed E-state index contributed by atoms with van der Waals surface area (Å²) in [5.41, 5.74) is 0. The van der Waals surface area contributed by atoms with Crippen molar-refractivity contribution in [1.29, 1.82) is 0 Å². The second-order valence-corrected chi connectivity index (χ2v) is 3.03. The standard InChI is InChI=1S/C7H14N2O2/c1-5-4-6(2-3-8-5)9-7(10)11/h5-6,8-9H,2-4H2,1H3,(H,10,11)/t5-,6-/m1/s1. The average molecular weight is 158 g/mol. The molecule has 0 aromatic heterocycles. The lowest BCUT2D eigenvalue weighted by Crippen LogP contribution is -2.46. The van der Waals surface area contributed by atoms with Crippen molar-refractivity contribution in [2.75, 3.05) is 6.54 Å². The van der Waals surface area contributed by atoms with Crippen LogP contribution in [0, 0.1) is 0 Å². The number of rotatable bonds is 1. The van der Waals surface area contributed by atoms with Gasteiger partial charge in [0.15, 0.2) is 0 Å². The second-order valence-electron chi connectivity index (χ2n) is 3.03. The molecule has 0 radical (unpaired) electrons. The molecule has 1 aliphatic rings. The Morgan fingerprint density at radius 3 is 3.00 bits per heavy atom. The normalized spacial score (nSPS) is 31.4. The van der Waals surface area contributed by atoms with E-state index in [9.17, 15) is 4.79 Å². The average Bonchev–Trinajstić information content (AvgIpc) is 1.85. The van der Waals surface area contributed by atoms with Crippen LogP contribution in [0.15, 0.2) is 0 Å². The third kappa shape index (κ3) is 2.76. The van der Waals surface area contributed by atoms with Crippen molar-refractivity contribution in [2.45, 2.75) is 31.8 Å². The smallest absolute Gasteiger partial charge is 0.404 e. The Balaban J connectivity index is 2.28. The molecular formula is C7H14N2O2. The molecule has 11 heavy (non-hydrogen) atoms. The molecule has 1 amide bonds. The zero-order chi connectivity index (χ0) is 8.27. The lowest BCUT2D eigenvalue weighted by Gasteiger charge is -2.27. The second kappa shape index (κ2) is 3.57. The van der Waals surface area contributed by atoms with E-state index in [1.165, 1.54) is 0 Å². The summed E-state index contributed by atoms with van der Waals surface area (Å²) in [7, 11) is 0. The number of hydrogen-bond donors (Lipinski definition) is 3. The summed E-state index contributed by atoms with van der Waals surface area (Å²) in [6.45, 7) is 2.97. The van der Waals surface area contributed by atoms with Gasteiger partial charge in [-0.15, -0.1) is 0 Å². The van der Waals surface area contributed by atoms with E-state index in [1.807, 2.05) is 0 Å². The van der Waals surface area contributed by atoms with Crippen LogP contribution in [-0.2, 0) is 0 Å². The summed E-state index contributed by atoms with van der Waals surface area (Å²) in [5, 5.41) is 14.2. The van der Waals surface area contributed by atoms with Gasteiger partial charge < -0.3 is 15.7 Å². The molecule has 1 rings (SSSR count). The molecule has 0 unspecified atom stereocenters. The van der Waals surface area contributed by atoms with Crippen molar-refractivity contribution in [3.05, 3.63) is 0 Å². The molecule has 0 aromatic carbocycles. The Morgan fingerprint density at radius 1 is 1.73 bits per heavy atom. The van der Waals surface area contributed by atoms with Gasteiger partial charge in [-0.1, -0.05) is 0 Å². The van der Waals surface area contributed by atoms with Crippen molar-refractivity contribution in [2.24, 2.45) is 0 Å². The highest BCUT2D eigenvalue weighted by Crippen LogP contribution is 2.07. The fourth-order valence-corrected chi connectivity index (χ4v) is 1.44. The summed E-state index contributed by atoms with van der Waals surface area (Å²) in [6, 6.07) is 0.573. The number of carbonyl (C=O) groups is 1.